The Bertz CT molecular complexity index is 169. The number of aliphatic carboxylic acids is 1. The Morgan fingerprint density at radius 3 is 1.87 bits per heavy atom. The average Bonchev–Trinajstić information content (AvgIpc) is 2.18. The molecule has 90 valence electrons. The summed E-state index contributed by atoms with van der Waals surface area (Å²) in [4.78, 5) is 19.6. The number of primary amides is 1. The molecule has 0 unspecified atom stereocenters. The highest BCUT2D eigenvalue weighted by molar-refractivity contribution is 5.73. The van der Waals surface area contributed by atoms with Crippen LogP contribution < -0.4 is 5.73 Å². The molecule has 0 radical (unpaired) electrons. The third-order valence-corrected chi connectivity index (χ3v) is 1.83. The molecule has 0 bridgehead atoms. The second kappa shape index (κ2) is 12.9. The third kappa shape index (κ3) is 24.6. The molecule has 0 aromatic carbocycles. The average molecular weight is 217 g/mol. The summed E-state index contributed by atoms with van der Waals surface area (Å²) < 4.78 is 0. The number of nitrogens with two attached hydrogens (primary N) is 1. The molecule has 4 nitrogen and oxygen atoms in total. The Morgan fingerprint density at radius 1 is 1.07 bits per heavy atom. The van der Waals surface area contributed by atoms with Crippen LogP contribution in [0.5, 0.6) is 0 Å². The van der Waals surface area contributed by atoms with Gasteiger partial charge in [-0.1, -0.05) is 39.5 Å². The van der Waals surface area contributed by atoms with E-state index in [-0.39, 0.29) is 12.3 Å². The Labute approximate surface area is 91.9 Å². The molecule has 0 atom stereocenters. The van der Waals surface area contributed by atoms with Gasteiger partial charge in [0.05, 0.1) is 0 Å². The lowest BCUT2D eigenvalue weighted by atomic mass is 10.1. The lowest BCUT2D eigenvalue weighted by molar-refractivity contribution is -0.136. The maximum absolute atomic E-state index is 10.3. The van der Waals surface area contributed by atoms with Gasteiger partial charge in [0.25, 0.3) is 0 Å². The molecule has 1 amide bonds. The third-order valence-electron chi connectivity index (χ3n) is 1.83. The van der Waals surface area contributed by atoms with Gasteiger partial charge in [-0.25, -0.2) is 0 Å². The van der Waals surface area contributed by atoms with Crippen LogP contribution in [0.3, 0.4) is 0 Å². The standard InChI is InChI=1S/C8H17NO.C3H6O2/c1-2-3-4-5-6-7-8(9)10;1-2-3(4)5/h2-7H2,1H3,(H2,9,10);2H2,1H3,(H,4,5). The van der Waals surface area contributed by atoms with Crippen molar-refractivity contribution in [2.24, 2.45) is 5.73 Å². The molecule has 15 heavy (non-hydrogen) atoms. The smallest absolute Gasteiger partial charge is 0.303 e. The number of carboxylic acid groups (broad SMARTS) is 1. The predicted molar refractivity (Wildman–Crippen MR) is 60.5 cm³/mol. The molecule has 4 heteroatoms. The van der Waals surface area contributed by atoms with E-state index in [0.717, 1.165) is 12.8 Å². The van der Waals surface area contributed by atoms with E-state index in [1.807, 2.05) is 0 Å². The largest absolute Gasteiger partial charge is 0.481 e. The van der Waals surface area contributed by atoms with Gasteiger partial charge in [-0.15, -0.1) is 0 Å². The van der Waals surface area contributed by atoms with Gasteiger partial charge in [-0.2, -0.15) is 0 Å². The summed E-state index contributed by atoms with van der Waals surface area (Å²) in [5.74, 6) is -0.915. The number of carbonyl (C=O) groups is 2. The molecule has 0 aromatic rings. The van der Waals surface area contributed by atoms with Crippen molar-refractivity contribution in [2.45, 2.75) is 58.8 Å². The number of carboxylic acids is 1. The normalized spacial score (nSPS) is 8.93. The molecule has 0 rings (SSSR count). The summed E-state index contributed by atoms with van der Waals surface area (Å²) in [6, 6.07) is 0. The van der Waals surface area contributed by atoms with Crippen molar-refractivity contribution in [2.75, 3.05) is 0 Å². The fourth-order valence-corrected chi connectivity index (χ4v) is 0.903. The van der Waals surface area contributed by atoms with Gasteiger partial charge >= 0.3 is 5.97 Å². The van der Waals surface area contributed by atoms with Crippen molar-refractivity contribution >= 4 is 11.9 Å². The van der Waals surface area contributed by atoms with Crippen LogP contribution in [0.2, 0.25) is 0 Å². The molecule has 3 N–H and O–H groups in total. The van der Waals surface area contributed by atoms with Gasteiger partial charge in [0.1, 0.15) is 0 Å². The first-order valence-corrected chi connectivity index (χ1v) is 5.54. The highest BCUT2D eigenvalue weighted by atomic mass is 16.4. The number of hydrogen-bond acceptors (Lipinski definition) is 2. The second-order valence-corrected chi connectivity index (χ2v) is 3.38. The Kier molecular flexibility index (Phi) is 14.1. The summed E-state index contributed by atoms with van der Waals surface area (Å²) in [7, 11) is 0. The second-order valence-electron chi connectivity index (χ2n) is 3.38. The van der Waals surface area contributed by atoms with Crippen LogP contribution in [-0.2, 0) is 9.59 Å². The van der Waals surface area contributed by atoms with Gasteiger partial charge in [-0.05, 0) is 6.42 Å². The van der Waals surface area contributed by atoms with Crippen LogP contribution in [0.25, 0.3) is 0 Å². The molecule has 0 aliphatic heterocycles. The summed E-state index contributed by atoms with van der Waals surface area (Å²) in [5, 5.41) is 7.72. The van der Waals surface area contributed by atoms with Gasteiger partial charge in [0.15, 0.2) is 0 Å². The van der Waals surface area contributed by atoms with Crippen LogP contribution in [0.1, 0.15) is 58.8 Å². The number of carbonyl (C=O) groups excluding carboxylic acids is 1. The molecule has 0 aromatic heterocycles. The van der Waals surface area contributed by atoms with Gasteiger partial charge < -0.3 is 10.8 Å². The fourth-order valence-electron chi connectivity index (χ4n) is 0.903. The van der Waals surface area contributed by atoms with Crippen molar-refractivity contribution in [3.05, 3.63) is 0 Å². The van der Waals surface area contributed by atoms with Crippen LogP contribution in [-0.4, -0.2) is 17.0 Å². The maximum Gasteiger partial charge on any atom is 0.303 e. The van der Waals surface area contributed by atoms with Crippen molar-refractivity contribution in [1.82, 2.24) is 0 Å². The van der Waals surface area contributed by atoms with Crippen LogP contribution >= 0.6 is 0 Å². The topological polar surface area (TPSA) is 80.4 Å². The van der Waals surface area contributed by atoms with E-state index in [1.165, 1.54) is 19.3 Å². The first-order valence-electron chi connectivity index (χ1n) is 5.54. The molecular formula is C11H23NO3. The zero-order chi connectivity index (χ0) is 12.1. The first-order chi connectivity index (χ1) is 7.04. The van der Waals surface area contributed by atoms with Gasteiger partial charge in [-0.3, -0.25) is 9.59 Å². The minimum absolute atomic E-state index is 0.170. The highest BCUT2D eigenvalue weighted by Gasteiger charge is 1.92. The van der Waals surface area contributed by atoms with E-state index in [4.69, 9.17) is 10.8 Å². The summed E-state index contributed by atoms with van der Waals surface area (Å²) in [6.07, 6.45) is 6.66. The molecular weight excluding hydrogens is 194 g/mol. The molecule has 0 spiro atoms. The zero-order valence-corrected chi connectivity index (χ0v) is 9.79. The first kappa shape index (κ1) is 16.4. The van der Waals surface area contributed by atoms with E-state index < -0.39 is 5.97 Å². The lowest BCUT2D eigenvalue weighted by Gasteiger charge is -1.95. The van der Waals surface area contributed by atoms with Crippen molar-refractivity contribution in [3.8, 4) is 0 Å². The van der Waals surface area contributed by atoms with Gasteiger partial charge in [0.2, 0.25) is 5.91 Å². The van der Waals surface area contributed by atoms with Gasteiger partial charge in [0, 0.05) is 12.8 Å². The molecule has 0 aliphatic rings. The Balaban J connectivity index is 0. The molecule has 0 heterocycles. The van der Waals surface area contributed by atoms with Crippen LogP contribution in [0, 0.1) is 0 Å². The van der Waals surface area contributed by atoms with Crippen LogP contribution in [0.4, 0.5) is 0 Å². The molecule has 0 saturated heterocycles. The van der Waals surface area contributed by atoms with E-state index in [0.29, 0.717) is 6.42 Å². The number of unbranched alkanes of at least 4 members (excludes halogenated alkanes) is 4. The van der Waals surface area contributed by atoms with Crippen molar-refractivity contribution in [1.29, 1.82) is 0 Å². The minimum atomic E-state index is -0.745. The number of rotatable bonds is 7. The zero-order valence-electron chi connectivity index (χ0n) is 9.79. The van der Waals surface area contributed by atoms with E-state index >= 15 is 0 Å². The minimum Gasteiger partial charge on any atom is -0.481 e. The summed E-state index contributed by atoms with van der Waals surface area (Å²) >= 11 is 0. The summed E-state index contributed by atoms with van der Waals surface area (Å²) in [6.45, 7) is 3.77. The van der Waals surface area contributed by atoms with Crippen molar-refractivity contribution < 1.29 is 14.7 Å². The van der Waals surface area contributed by atoms with Crippen molar-refractivity contribution in [3.63, 3.8) is 0 Å². The predicted octanol–water partition coefficient (Wildman–Crippen LogP) is 2.31. The quantitative estimate of drug-likeness (QED) is 0.642. The molecule has 0 aliphatic carbocycles. The van der Waals surface area contributed by atoms with E-state index in [2.05, 4.69) is 6.92 Å². The monoisotopic (exact) mass is 217 g/mol. The summed E-state index contributed by atoms with van der Waals surface area (Å²) in [5.41, 5.74) is 4.97. The maximum atomic E-state index is 10.3. The van der Waals surface area contributed by atoms with Crippen LogP contribution in [0.15, 0.2) is 0 Å². The SMILES string of the molecule is CCC(=O)O.CCCCCCCC(N)=O. The lowest BCUT2D eigenvalue weighted by Crippen LogP contribution is -2.09. The Morgan fingerprint density at radius 2 is 1.53 bits per heavy atom. The number of amides is 1. The van der Waals surface area contributed by atoms with E-state index in [1.54, 1.807) is 6.92 Å². The number of hydrogen-bond donors (Lipinski definition) is 2. The Hall–Kier alpha value is -1.06. The fraction of sp³-hybridized carbons (Fsp3) is 0.818. The van der Waals surface area contributed by atoms with E-state index in [9.17, 15) is 9.59 Å². The molecule has 0 saturated carbocycles. The molecule has 0 fully saturated rings. The highest BCUT2D eigenvalue weighted by Crippen LogP contribution is 2.03.